The zero-order valence-electron chi connectivity index (χ0n) is 25.3. The monoisotopic (exact) mass is 650 g/mol. The third-order valence-corrected chi connectivity index (χ3v) is 8.61. The maximum Gasteiger partial charge on any atom is 0.416 e. The highest BCUT2D eigenvalue weighted by molar-refractivity contribution is 7.91. The Balaban J connectivity index is 1.25. The zero-order valence-corrected chi connectivity index (χ0v) is 26.1. The molecule has 1 aliphatic rings. The quantitative estimate of drug-likeness (QED) is 0.172. The van der Waals surface area contributed by atoms with E-state index in [1.165, 1.54) is 48.7 Å². The molecule has 5 rings (SSSR count). The number of aryl methyl sites for hydroxylation is 1. The summed E-state index contributed by atoms with van der Waals surface area (Å²) in [5.41, 5.74) is 2.54. The predicted molar refractivity (Wildman–Crippen MR) is 178 cm³/mol. The van der Waals surface area contributed by atoms with Gasteiger partial charge in [0.2, 0.25) is 9.84 Å². The molecule has 1 aliphatic carbocycles. The van der Waals surface area contributed by atoms with E-state index in [1.807, 2.05) is 13.8 Å². The number of carbonyl (C=O) groups is 3. The fraction of sp³-hybridized carbons (Fsp3) is 0.0882. The molecule has 13 heteroatoms. The second-order valence-electron chi connectivity index (χ2n) is 10.4. The van der Waals surface area contributed by atoms with E-state index in [2.05, 4.69) is 31.2 Å². The number of urea groups is 2. The van der Waals surface area contributed by atoms with Crippen LogP contribution in [0.4, 0.5) is 31.4 Å². The van der Waals surface area contributed by atoms with Gasteiger partial charge in [-0.15, -0.1) is 0 Å². The number of sulfone groups is 1. The van der Waals surface area contributed by atoms with E-state index in [0.29, 0.717) is 17.1 Å². The summed E-state index contributed by atoms with van der Waals surface area (Å²) in [7, 11) is -4.04. The first-order chi connectivity index (χ1) is 22.6. The zero-order chi connectivity index (χ0) is 33.4. The molecule has 1 heterocycles. The Morgan fingerprint density at radius 2 is 1.51 bits per heavy atom. The molecule has 1 unspecified atom stereocenters. The van der Waals surface area contributed by atoms with Crippen LogP contribution in [0.15, 0.2) is 136 Å². The Bertz CT molecular complexity index is 2030. The maximum absolute atomic E-state index is 13.5. The van der Waals surface area contributed by atoms with Crippen molar-refractivity contribution in [2.75, 3.05) is 16.0 Å². The van der Waals surface area contributed by atoms with Crippen molar-refractivity contribution >= 4 is 50.8 Å². The van der Waals surface area contributed by atoms with Crippen LogP contribution >= 0.6 is 0 Å². The summed E-state index contributed by atoms with van der Waals surface area (Å²) >= 11 is 0. The van der Waals surface area contributed by atoms with Crippen molar-refractivity contribution in [1.82, 2.24) is 10.3 Å². The van der Waals surface area contributed by atoms with Crippen LogP contribution in [-0.4, -0.2) is 37.3 Å². The lowest BCUT2D eigenvalue weighted by Crippen LogP contribution is -2.30. The second-order valence-corrected chi connectivity index (χ2v) is 12.3. The lowest BCUT2D eigenvalue weighted by molar-refractivity contribution is 0.202. The average molecular weight is 651 g/mol. The van der Waals surface area contributed by atoms with E-state index >= 15 is 0 Å². The normalized spacial score (nSPS) is 14.9. The van der Waals surface area contributed by atoms with Crippen molar-refractivity contribution < 1.29 is 27.5 Å². The fourth-order valence-corrected chi connectivity index (χ4v) is 5.76. The number of benzene rings is 3. The van der Waals surface area contributed by atoms with Crippen LogP contribution in [0.3, 0.4) is 0 Å². The number of amides is 5. The Morgan fingerprint density at radius 1 is 0.830 bits per heavy atom. The van der Waals surface area contributed by atoms with Gasteiger partial charge in [-0.25, -0.2) is 22.8 Å². The standard InChI is InChI=1S/C34H30N6O6S/c1-22-14-15-26(20-30(22)40-34(43)46-27-10-4-3-5-11-27)38-32(41)36-24-8-6-12-28(18-24)47(44,45)29-13-7-9-25(19-29)37-33(42)39-31-21-35-17-16-23(31)2/h3-22H,1-2H3,(H,36,41)(H,40,43)(H2,37,39,42). The topological polar surface area (TPSA) is 168 Å². The number of nitrogens with one attached hydrogen (secondary N) is 4. The number of aliphatic imine (C=N–C) groups is 1. The van der Waals surface area contributed by atoms with E-state index in [-0.39, 0.29) is 32.8 Å². The van der Waals surface area contributed by atoms with Crippen molar-refractivity contribution in [3.05, 3.63) is 127 Å². The number of para-hydroxylation sites is 1. The van der Waals surface area contributed by atoms with E-state index in [9.17, 15) is 22.8 Å². The van der Waals surface area contributed by atoms with Crippen molar-refractivity contribution in [3.8, 4) is 5.75 Å². The number of ether oxygens (including phenoxy) is 1. The molecule has 4 N–H and O–H groups in total. The average Bonchev–Trinajstić information content (AvgIpc) is 3.04. The first-order valence-corrected chi connectivity index (χ1v) is 15.8. The summed E-state index contributed by atoms with van der Waals surface area (Å²) < 4.78 is 32.3. The van der Waals surface area contributed by atoms with Gasteiger partial charge in [0.05, 0.1) is 27.4 Å². The number of nitrogens with zero attached hydrogens (tertiary/aromatic N) is 2. The lowest BCUT2D eigenvalue weighted by Gasteiger charge is -2.17. The smallest absolute Gasteiger partial charge is 0.410 e. The van der Waals surface area contributed by atoms with Crippen molar-refractivity contribution in [2.45, 2.75) is 23.6 Å². The van der Waals surface area contributed by atoms with E-state index in [1.54, 1.807) is 66.9 Å². The van der Waals surface area contributed by atoms with Gasteiger partial charge >= 0.3 is 18.2 Å². The van der Waals surface area contributed by atoms with Crippen LogP contribution in [0.1, 0.15) is 12.5 Å². The molecule has 3 aromatic carbocycles. The highest BCUT2D eigenvalue weighted by Crippen LogP contribution is 2.26. The molecule has 12 nitrogen and oxygen atoms in total. The molecule has 4 aromatic rings. The maximum atomic E-state index is 13.5. The fourth-order valence-electron chi connectivity index (χ4n) is 4.41. The molecule has 0 radical (unpaired) electrons. The summed E-state index contributed by atoms with van der Waals surface area (Å²) in [5, 5.41) is 10.6. The summed E-state index contributed by atoms with van der Waals surface area (Å²) in [6.07, 6.45) is 7.39. The van der Waals surface area contributed by atoms with E-state index in [4.69, 9.17) is 4.74 Å². The Labute approximate surface area is 271 Å². The molecule has 0 saturated carbocycles. The molecule has 0 spiro atoms. The van der Waals surface area contributed by atoms with Gasteiger partial charge in [0, 0.05) is 29.2 Å². The number of aromatic nitrogens is 1. The van der Waals surface area contributed by atoms with Gasteiger partial charge in [-0.05, 0) is 79.2 Å². The molecule has 47 heavy (non-hydrogen) atoms. The minimum absolute atomic E-state index is 0.0611. The van der Waals surface area contributed by atoms with E-state index < -0.39 is 28.0 Å². The van der Waals surface area contributed by atoms with Crippen LogP contribution < -0.4 is 26.0 Å². The van der Waals surface area contributed by atoms with Crippen LogP contribution in [0.2, 0.25) is 0 Å². The van der Waals surface area contributed by atoms with Gasteiger partial charge in [0.1, 0.15) is 5.75 Å². The highest BCUT2D eigenvalue weighted by atomic mass is 32.2. The number of pyridine rings is 1. The molecule has 0 bridgehead atoms. The Hall–Kier alpha value is -6.08. The van der Waals surface area contributed by atoms with Crippen molar-refractivity contribution in [2.24, 2.45) is 10.9 Å². The number of anilines is 3. The first kappa shape index (κ1) is 32.3. The van der Waals surface area contributed by atoms with Gasteiger partial charge in [-0.3, -0.25) is 10.3 Å². The Morgan fingerprint density at radius 3 is 2.19 bits per heavy atom. The number of allylic oxidation sites excluding steroid dienone is 3. The third kappa shape index (κ3) is 8.55. The predicted octanol–water partition coefficient (Wildman–Crippen LogP) is 6.72. The number of rotatable bonds is 7. The van der Waals surface area contributed by atoms with Crippen LogP contribution in [-0.2, 0) is 9.84 Å². The van der Waals surface area contributed by atoms with Gasteiger partial charge in [0.15, 0.2) is 0 Å². The summed E-state index contributed by atoms with van der Waals surface area (Å²) in [4.78, 5) is 45.6. The molecular formula is C34H30N6O6S. The van der Waals surface area contributed by atoms with Crippen molar-refractivity contribution in [3.63, 3.8) is 0 Å². The Kier molecular flexibility index (Phi) is 9.87. The summed E-state index contributed by atoms with van der Waals surface area (Å²) in [5.74, 6) is 0.210. The number of hydrogen-bond acceptors (Lipinski definition) is 7. The van der Waals surface area contributed by atoms with Gasteiger partial charge < -0.3 is 20.7 Å². The first-order valence-electron chi connectivity index (χ1n) is 14.3. The summed E-state index contributed by atoms with van der Waals surface area (Å²) in [6, 6.07) is 20.6. The lowest BCUT2D eigenvalue weighted by atomic mass is 10.0. The van der Waals surface area contributed by atoms with Gasteiger partial charge in [0.25, 0.3) is 0 Å². The molecule has 238 valence electrons. The molecule has 0 fully saturated rings. The molecule has 5 amide bonds. The molecular weight excluding hydrogens is 620 g/mol. The summed E-state index contributed by atoms with van der Waals surface area (Å²) in [6.45, 7) is 3.68. The molecule has 1 atom stereocenters. The third-order valence-electron chi connectivity index (χ3n) is 6.87. The van der Waals surface area contributed by atoms with Crippen LogP contribution in [0, 0.1) is 12.8 Å². The van der Waals surface area contributed by atoms with Gasteiger partial charge in [-0.1, -0.05) is 43.3 Å². The van der Waals surface area contributed by atoms with Crippen molar-refractivity contribution in [1.29, 1.82) is 0 Å². The highest BCUT2D eigenvalue weighted by Gasteiger charge is 2.20. The number of hydrogen-bond donors (Lipinski definition) is 4. The minimum Gasteiger partial charge on any atom is -0.410 e. The second kappa shape index (κ2) is 14.3. The molecule has 0 aliphatic heterocycles. The van der Waals surface area contributed by atoms with Crippen LogP contribution in [0.25, 0.3) is 0 Å². The number of carbonyl (C=O) groups excluding carboxylic acids is 3. The van der Waals surface area contributed by atoms with Crippen LogP contribution in [0.5, 0.6) is 5.75 Å². The minimum atomic E-state index is -4.04. The largest absolute Gasteiger partial charge is 0.416 e. The molecule has 0 saturated heterocycles. The SMILES string of the molecule is Cc1ccncc1NC(=O)Nc1cccc(S(=O)(=O)c2cccc(NC(=O)N=C3C=CC(C)C(NC(=O)Oc4ccccc4)=C3)c2)c1. The van der Waals surface area contributed by atoms with Gasteiger partial charge in [-0.2, -0.15) is 4.99 Å². The van der Waals surface area contributed by atoms with E-state index in [0.717, 1.165) is 5.56 Å². The molecule has 1 aromatic heterocycles.